The number of carbonyl (C=O) groups is 1. The van der Waals surface area contributed by atoms with Crippen LogP contribution in [0.15, 0.2) is 35.2 Å². The first-order valence-electron chi connectivity index (χ1n) is 8.08. The van der Waals surface area contributed by atoms with Crippen molar-refractivity contribution in [3.05, 3.63) is 57.1 Å². The van der Waals surface area contributed by atoms with Crippen molar-refractivity contribution < 1.29 is 13.2 Å². The summed E-state index contributed by atoms with van der Waals surface area (Å²) in [7, 11) is -4.02. The molecule has 1 N–H and O–H groups in total. The van der Waals surface area contributed by atoms with Crippen molar-refractivity contribution in [1.82, 2.24) is 4.31 Å². The molecule has 0 saturated heterocycles. The van der Waals surface area contributed by atoms with Gasteiger partial charge in [0.05, 0.1) is 10.7 Å². The highest BCUT2D eigenvalue weighted by Gasteiger charge is 2.38. The molecule has 2 amide bonds. The topological polar surface area (TPSA) is 66.5 Å². The highest BCUT2D eigenvalue weighted by atomic mass is 35.5. The van der Waals surface area contributed by atoms with E-state index in [2.05, 4.69) is 23.5 Å². The summed E-state index contributed by atoms with van der Waals surface area (Å²) in [6, 6.07) is 8.24. The Balaban J connectivity index is 1.81. The van der Waals surface area contributed by atoms with Gasteiger partial charge in [0, 0.05) is 11.6 Å². The number of aryl methyl sites for hydroxylation is 3. The Morgan fingerprint density at radius 2 is 1.69 bits per heavy atom. The fourth-order valence-corrected chi connectivity index (χ4v) is 5.51. The van der Waals surface area contributed by atoms with Crippen LogP contribution in [0.5, 0.6) is 0 Å². The molecule has 0 saturated carbocycles. The lowest BCUT2D eigenvalue weighted by Crippen LogP contribution is -2.44. The predicted octanol–water partition coefficient (Wildman–Crippen LogP) is 4.78. The van der Waals surface area contributed by atoms with E-state index < -0.39 is 16.1 Å². The lowest BCUT2D eigenvalue weighted by atomic mass is 10.0. The number of halogens is 2. The molecule has 1 aliphatic heterocycles. The molecule has 138 valence electrons. The Morgan fingerprint density at radius 1 is 1.04 bits per heavy atom. The van der Waals surface area contributed by atoms with Crippen molar-refractivity contribution in [3.8, 4) is 0 Å². The highest BCUT2D eigenvalue weighted by molar-refractivity contribution is 7.90. The van der Waals surface area contributed by atoms with Gasteiger partial charge in [-0.05, 0) is 44.4 Å². The molecular weight excluding hydrogens is 395 g/mol. The van der Waals surface area contributed by atoms with Crippen LogP contribution in [0.4, 0.5) is 10.5 Å². The van der Waals surface area contributed by atoms with E-state index in [1.165, 1.54) is 12.1 Å². The van der Waals surface area contributed by atoms with Gasteiger partial charge in [0.15, 0.2) is 0 Å². The molecule has 1 heterocycles. The predicted molar refractivity (Wildman–Crippen MR) is 104 cm³/mol. The Hall–Kier alpha value is -1.76. The molecular formula is C18H18Cl2N2O3S. The van der Waals surface area contributed by atoms with Crippen molar-refractivity contribution in [2.45, 2.75) is 31.6 Å². The Bertz CT molecular complexity index is 970. The van der Waals surface area contributed by atoms with Gasteiger partial charge in [-0.15, -0.1) is 0 Å². The Morgan fingerprint density at radius 3 is 2.35 bits per heavy atom. The average Bonchev–Trinajstić information content (AvgIpc) is 2.48. The van der Waals surface area contributed by atoms with Crippen LogP contribution in [0.2, 0.25) is 10.0 Å². The molecule has 2 aromatic carbocycles. The van der Waals surface area contributed by atoms with Crippen LogP contribution in [0.1, 0.15) is 23.1 Å². The molecule has 0 atom stereocenters. The van der Waals surface area contributed by atoms with Gasteiger partial charge in [-0.25, -0.2) is 17.5 Å². The van der Waals surface area contributed by atoms with Crippen LogP contribution in [0, 0.1) is 13.8 Å². The molecule has 3 rings (SSSR count). The number of urea groups is 1. The first-order valence-corrected chi connectivity index (χ1v) is 10.3. The average molecular weight is 413 g/mol. The lowest BCUT2D eigenvalue weighted by molar-refractivity contribution is 0.234. The molecule has 5 nitrogen and oxygen atoms in total. The van der Waals surface area contributed by atoms with Gasteiger partial charge in [-0.3, -0.25) is 0 Å². The number of carbonyl (C=O) groups excluding carboxylic acids is 1. The van der Waals surface area contributed by atoms with Gasteiger partial charge in [0.25, 0.3) is 10.0 Å². The zero-order valence-corrected chi connectivity index (χ0v) is 16.7. The van der Waals surface area contributed by atoms with Crippen molar-refractivity contribution >= 4 is 44.9 Å². The van der Waals surface area contributed by atoms with Gasteiger partial charge in [-0.2, -0.15) is 0 Å². The molecule has 0 spiro atoms. The van der Waals surface area contributed by atoms with E-state index in [0.717, 1.165) is 21.0 Å². The molecule has 0 fully saturated rings. The summed E-state index contributed by atoms with van der Waals surface area (Å²) in [5.74, 6) is 0. The minimum absolute atomic E-state index is 0.00758. The number of fused-ring (bicyclic) bond motifs is 1. The molecule has 0 radical (unpaired) electrons. The summed E-state index contributed by atoms with van der Waals surface area (Å²) in [4.78, 5) is 12.2. The van der Waals surface area contributed by atoms with Crippen LogP contribution in [-0.2, 0) is 16.4 Å². The second kappa shape index (κ2) is 7.10. The van der Waals surface area contributed by atoms with Crippen molar-refractivity contribution in [1.29, 1.82) is 0 Å². The number of hydrogen-bond acceptors (Lipinski definition) is 3. The first-order chi connectivity index (χ1) is 12.2. The molecule has 0 bridgehead atoms. The first kappa shape index (κ1) is 19.0. The number of anilines is 1. The van der Waals surface area contributed by atoms with E-state index in [-0.39, 0.29) is 27.2 Å². The quantitative estimate of drug-likeness (QED) is 0.785. The summed E-state index contributed by atoms with van der Waals surface area (Å²) in [5.41, 5.74) is 3.53. The SMILES string of the molecule is Cc1cc(C)cc(CCCN2C(=O)Nc3cc(Cl)cc(Cl)c3S2(=O)=O)c1. The van der Waals surface area contributed by atoms with Gasteiger partial charge in [-0.1, -0.05) is 52.5 Å². The van der Waals surface area contributed by atoms with Crippen LogP contribution < -0.4 is 5.32 Å². The van der Waals surface area contributed by atoms with Gasteiger partial charge >= 0.3 is 6.03 Å². The maximum atomic E-state index is 12.8. The van der Waals surface area contributed by atoms with Gasteiger partial charge < -0.3 is 5.32 Å². The van der Waals surface area contributed by atoms with Crippen LogP contribution in [0.25, 0.3) is 0 Å². The summed E-state index contributed by atoms with van der Waals surface area (Å²) >= 11 is 12.0. The standard InChI is InChI=1S/C18H18Cl2N2O3S/c1-11-6-12(2)8-13(7-11)4-3-5-22-18(23)21-16-10-14(19)9-15(20)17(16)26(22,24)25/h6-10H,3-5H2,1-2H3,(H,21,23). The number of amides is 2. The second-order valence-corrected chi connectivity index (χ2v) is 9.01. The fraction of sp³-hybridized carbons (Fsp3) is 0.278. The molecule has 0 aromatic heterocycles. The van der Waals surface area contributed by atoms with E-state index in [9.17, 15) is 13.2 Å². The monoisotopic (exact) mass is 412 g/mol. The Kier molecular flexibility index (Phi) is 5.19. The minimum atomic E-state index is -4.02. The lowest BCUT2D eigenvalue weighted by Gasteiger charge is -2.29. The summed E-state index contributed by atoms with van der Waals surface area (Å²) in [5, 5.41) is 2.80. The number of sulfonamides is 1. The smallest absolute Gasteiger partial charge is 0.306 e. The summed E-state index contributed by atoms with van der Waals surface area (Å²) in [6.45, 7) is 4.10. The maximum Gasteiger partial charge on any atom is 0.335 e. The van der Waals surface area contributed by atoms with E-state index in [0.29, 0.717) is 12.8 Å². The van der Waals surface area contributed by atoms with Crippen molar-refractivity contribution in [2.75, 3.05) is 11.9 Å². The van der Waals surface area contributed by atoms with Gasteiger partial charge in [0.2, 0.25) is 0 Å². The van der Waals surface area contributed by atoms with Crippen molar-refractivity contribution in [3.63, 3.8) is 0 Å². The number of nitrogens with zero attached hydrogens (tertiary/aromatic N) is 1. The molecule has 1 aliphatic rings. The zero-order chi connectivity index (χ0) is 19.1. The number of benzene rings is 2. The van der Waals surface area contributed by atoms with Crippen LogP contribution in [0.3, 0.4) is 0 Å². The molecule has 0 aliphatic carbocycles. The molecule has 2 aromatic rings. The summed E-state index contributed by atoms with van der Waals surface area (Å²) in [6.07, 6.45) is 1.18. The fourth-order valence-electron chi connectivity index (χ4n) is 3.17. The molecule has 0 unspecified atom stereocenters. The second-order valence-electron chi connectivity index (χ2n) is 6.37. The third kappa shape index (κ3) is 3.68. The Labute approximate surface area is 163 Å². The number of nitrogens with one attached hydrogen (secondary N) is 1. The van der Waals surface area contributed by atoms with E-state index in [1.54, 1.807) is 0 Å². The number of hydrogen-bond donors (Lipinski definition) is 1. The normalized spacial score (nSPS) is 15.5. The largest absolute Gasteiger partial charge is 0.335 e. The van der Waals surface area contributed by atoms with Gasteiger partial charge in [0.1, 0.15) is 4.90 Å². The van der Waals surface area contributed by atoms with E-state index in [1.807, 2.05) is 13.8 Å². The maximum absolute atomic E-state index is 12.8. The highest BCUT2D eigenvalue weighted by Crippen LogP contribution is 2.38. The molecule has 8 heteroatoms. The van der Waals surface area contributed by atoms with E-state index >= 15 is 0 Å². The summed E-state index contributed by atoms with van der Waals surface area (Å²) < 4.78 is 26.5. The number of rotatable bonds is 4. The molecule has 26 heavy (non-hydrogen) atoms. The van der Waals surface area contributed by atoms with Crippen LogP contribution in [-0.4, -0.2) is 25.3 Å². The minimum Gasteiger partial charge on any atom is -0.306 e. The third-order valence-corrected chi connectivity index (χ3v) is 6.65. The van der Waals surface area contributed by atoms with E-state index in [4.69, 9.17) is 23.2 Å². The van der Waals surface area contributed by atoms with Crippen molar-refractivity contribution in [2.24, 2.45) is 0 Å². The third-order valence-electron chi connectivity index (χ3n) is 4.13. The van der Waals surface area contributed by atoms with Crippen LogP contribution >= 0.6 is 23.2 Å². The zero-order valence-electron chi connectivity index (χ0n) is 14.3.